The average Bonchev–Trinajstić information content (AvgIpc) is 2.32. The van der Waals surface area contributed by atoms with E-state index in [-0.39, 0.29) is 5.82 Å². The summed E-state index contributed by atoms with van der Waals surface area (Å²) in [4.78, 5) is 2.40. The number of likely N-dealkylation sites (tertiary alicyclic amines) is 1. The third-order valence-corrected chi connectivity index (χ3v) is 4.83. The van der Waals surface area contributed by atoms with Gasteiger partial charge in [-0.3, -0.25) is 0 Å². The van der Waals surface area contributed by atoms with Crippen molar-refractivity contribution in [3.8, 4) is 0 Å². The van der Waals surface area contributed by atoms with Gasteiger partial charge in [0.1, 0.15) is 5.82 Å². The van der Waals surface area contributed by atoms with E-state index >= 15 is 0 Å². The number of hydrogen-bond acceptors (Lipinski definition) is 2. The van der Waals surface area contributed by atoms with Crippen molar-refractivity contribution < 1.29 is 4.39 Å². The lowest BCUT2D eigenvalue weighted by atomic mass is 9.89. The monoisotopic (exact) mass is 328 g/mol. The van der Waals surface area contributed by atoms with Gasteiger partial charge in [0, 0.05) is 24.3 Å². The summed E-state index contributed by atoms with van der Waals surface area (Å²) in [6, 6.07) is 4.45. The Hall–Kier alpha value is -0.610. The van der Waals surface area contributed by atoms with Gasteiger partial charge in [0.2, 0.25) is 0 Å². The number of rotatable bonds is 2. The Labute approximate surface area is 123 Å². The molecule has 1 aliphatic rings. The van der Waals surface area contributed by atoms with E-state index in [0.29, 0.717) is 22.5 Å². The lowest BCUT2D eigenvalue weighted by Gasteiger charge is -2.40. The number of hydrogen-bond donors (Lipinski definition) is 1. The fourth-order valence-corrected chi connectivity index (χ4v) is 3.09. The minimum absolute atomic E-state index is 0.201. The molecule has 0 amide bonds. The highest BCUT2D eigenvalue weighted by atomic mass is 79.9. The summed E-state index contributed by atoms with van der Waals surface area (Å²) in [6.07, 6.45) is 1.12. The molecule has 0 radical (unpaired) electrons. The van der Waals surface area contributed by atoms with Crippen LogP contribution in [0.25, 0.3) is 0 Å². The van der Waals surface area contributed by atoms with Crippen LogP contribution >= 0.6 is 15.9 Å². The van der Waals surface area contributed by atoms with Gasteiger partial charge in [-0.1, -0.05) is 6.92 Å². The minimum Gasteiger partial charge on any atom is -0.382 e. The van der Waals surface area contributed by atoms with E-state index in [0.717, 1.165) is 24.2 Å². The number of nitrogens with zero attached hydrogens (tertiary/aromatic N) is 1. The van der Waals surface area contributed by atoms with E-state index in [1.165, 1.54) is 0 Å². The molecule has 3 unspecified atom stereocenters. The standard InChI is InChI=1S/C15H22BrFN2/c1-9-5-13(17)12(16)7-15(9)18-14-6-11(3)19(4)8-10(14)2/h5,7,10-11,14,18H,6,8H2,1-4H3. The maximum Gasteiger partial charge on any atom is 0.137 e. The van der Waals surface area contributed by atoms with Crippen LogP contribution in [-0.2, 0) is 0 Å². The van der Waals surface area contributed by atoms with Gasteiger partial charge in [-0.05, 0) is 66.9 Å². The smallest absolute Gasteiger partial charge is 0.137 e. The maximum absolute atomic E-state index is 13.4. The summed E-state index contributed by atoms with van der Waals surface area (Å²) in [7, 11) is 2.18. The second-order valence-electron chi connectivity index (χ2n) is 5.83. The molecule has 1 aromatic carbocycles. The van der Waals surface area contributed by atoms with Crippen molar-refractivity contribution >= 4 is 21.6 Å². The summed E-state index contributed by atoms with van der Waals surface area (Å²) in [6.45, 7) is 7.57. The number of aryl methyl sites for hydroxylation is 1. The Morgan fingerprint density at radius 2 is 2.05 bits per heavy atom. The molecule has 1 N–H and O–H groups in total. The predicted octanol–water partition coefficient (Wildman–Crippen LogP) is 4.04. The highest BCUT2D eigenvalue weighted by Crippen LogP contribution is 2.29. The van der Waals surface area contributed by atoms with Crippen LogP contribution in [-0.4, -0.2) is 30.6 Å². The van der Waals surface area contributed by atoms with Crippen LogP contribution in [0, 0.1) is 18.7 Å². The van der Waals surface area contributed by atoms with Crippen LogP contribution < -0.4 is 5.32 Å². The topological polar surface area (TPSA) is 15.3 Å². The minimum atomic E-state index is -0.201. The van der Waals surface area contributed by atoms with Gasteiger partial charge < -0.3 is 10.2 Å². The molecule has 3 atom stereocenters. The van der Waals surface area contributed by atoms with Crippen LogP contribution in [0.4, 0.5) is 10.1 Å². The Bertz CT molecular complexity index is 464. The Balaban J connectivity index is 2.15. The summed E-state index contributed by atoms with van der Waals surface area (Å²) in [5.74, 6) is 0.386. The number of anilines is 1. The maximum atomic E-state index is 13.4. The van der Waals surface area contributed by atoms with Crippen LogP contribution in [0.2, 0.25) is 0 Å². The normalized spacial score (nSPS) is 28.4. The van der Waals surface area contributed by atoms with Crippen molar-refractivity contribution in [2.75, 3.05) is 18.9 Å². The summed E-state index contributed by atoms with van der Waals surface area (Å²) >= 11 is 3.26. The molecule has 0 bridgehead atoms. The van der Waals surface area contributed by atoms with E-state index in [2.05, 4.69) is 47.0 Å². The first-order valence-electron chi connectivity index (χ1n) is 6.81. The molecule has 19 heavy (non-hydrogen) atoms. The molecule has 1 saturated heterocycles. The summed E-state index contributed by atoms with van der Waals surface area (Å²) < 4.78 is 14.0. The highest BCUT2D eigenvalue weighted by molar-refractivity contribution is 9.10. The number of nitrogens with one attached hydrogen (secondary N) is 1. The molecular weight excluding hydrogens is 307 g/mol. The molecule has 106 valence electrons. The largest absolute Gasteiger partial charge is 0.382 e. The third-order valence-electron chi connectivity index (χ3n) is 4.22. The molecule has 1 aromatic rings. The lowest BCUT2D eigenvalue weighted by molar-refractivity contribution is 0.145. The molecule has 2 rings (SSSR count). The molecule has 0 aromatic heterocycles. The van der Waals surface area contributed by atoms with Gasteiger partial charge in [-0.2, -0.15) is 0 Å². The lowest BCUT2D eigenvalue weighted by Crippen LogP contribution is -2.48. The van der Waals surface area contributed by atoms with Crippen LogP contribution in [0.15, 0.2) is 16.6 Å². The molecule has 0 spiro atoms. The van der Waals surface area contributed by atoms with Gasteiger partial charge in [-0.15, -0.1) is 0 Å². The number of benzene rings is 1. The molecule has 1 fully saturated rings. The first kappa shape index (κ1) is 14.8. The molecule has 2 nitrogen and oxygen atoms in total. The number of piperidine rings is 1. The molecular formula is C15H22BrFN2. The van der Waals surface area contributed by atoms with Crippen molar-refractivity contribution in [1.82, 2.24) is 4.90 Å². The van der Waals surface area contributed by atoms with E-state index in [1.807, 2.05) is 13.0 Å². The van der Waals surface area contributed by atoms with Gasteiger partial charge in [0.15, 0.2) is 0 Å². The van der Waals surface area contributed by atoms with Crippen molar-refractivity contribution in [2.45, 2.75) is 39.3 Å². The second kappa shape index (κ2) is 5.80. The molecule has 0 saturated carbocycles. The van der Waals surface area contributed by atoms with Gasteiger partial charge in [0.25, 0.3) is 0 Å². The predicted molar refractivity (Wildman–Crippen MR) is 82.1 cm³/mol. The SMILES string of the molecule is Cc1cc(F)c(Br)cc1NC1CC(C)N(C)CC1C. The number of halogens is 2. The summed E-state index contributed by atoms with van der Waals surface area (Å²) in [5.41, 5.74) is 1.99. The fourth-order valence-electron chi connectivity index (χ4n) is 2.74. The van der Waals surface area contributed by atoms with Crippen molar-refractivity contribution in [2.24, 2.45) is 5.92 Å². The zero-order valence-electron chi connectivity index (χ0n) is 12.0. The second-order valence-corrected chi connectivity index (χ2v) is 6.69. The van der Waals surface area contributed by atoms with Crippen LogP contribution in [0.5, 0.6) is 0 Å². The van der Waals surface area contributed by atoms with Crippen molar-refractivity contribution in [3.63, 3.8) is 0 Å². The zero-order chi connectivity index (χ0) is 14.2. The molecule has 1 aliphatic heterocycles. The van der Waals surface area contributed by atoms with Gasteiger partial charge in [0.05, 0.1) is 4.47 Å². The van der Waals surface area contributed by atoms with Crippen LogP contribution in [0.3, 0.4) is 0 Å². The molecule has 0 aliphatic carbocycles. The highest BCUT2D eigenvalue weighted by Gasteiger charge is 2.29. The fraction of sp³-hybridized carbons (Fsp3) is 0.600. The van der Waals surface area contributed by atoms with E-state index in [9.17, 15) is 4.39 Å². The van der Waals surface area contributed by atoms with Crippen molar-refractivity contribution in [1.29, 1.82) is 0 Å². The van der Waals surface area contributed by atoms with E-state index < -0.39 is 0 Å². The first-order valence-corrected chi connectivity index (χ1v) is 7.60. The third kappa shape index (κ3) is 3.29. The quantitative estimate of drug-likeness (QED) is 0.881. The van der Waals surface area contributed by atoms with E-state index in [1.54, 1.807) is 6.07 Å². The average molecular weight is 329 g/mol. The molecule has 4 heteroatoms. The van der Waals surface area contributed by atoms with E-state index in [4.69, 9.17) is 0 Å². The van der Waals surface area contributed by atoms with Crippen molar-refractivity contribution in [3.05, 3.63) is 28.0 Å². The first-order chi connectivity index (χ1) is 8.88. The van der Waals surface area contributed by atoms with Crippen LogP contribution in [0.1, 0.15) is 25.8 Å². The van der Waals surface area contributed by atoms with Gasteiger partial charge >= 0.3 is 0 Å². The van der Waals surface area contributed by atoms with Gasteiger partial charge in [-0.25, -0.2) is 4.39 Å². The Morgan fingerprint density at radius 1 is 1.37 bits per heavy atom. The Kier molecular flexibility index (Phi) is 4.51. The summed E-state index contributed by atoms with van der Waals surface area (Å²) in [5, 5.41) is 3.59. The Morgan fingerprint density at radius 3 is 2.74 bits per heavy atom. The molecule has 1 heterocycles. The zero-order valence-corrected chi connectivity index (χ0v) is 13.6.